The van der Waals surface area contributed by atoms with Crippen molar-refractivity contribution in [2.75, 3.05) is 0 Å². The normalized spacial score (nSPS) is 27.4. The number of benzene rings is 1. The van der Waals surface area contributed by atoms with Crippen LogP contribution in [0.15, 0.2) is 18.2 Å². The molecule has 22 heavy (non-hydrogen) atoms. The van der Waals surface area contributed by atoms with Gasteiger partial charge >= 0.3 is 0 Å². The summed E-state index contributed by atoms with van der Waals surface area (Å²) in [7, 11) is -1.48. The van der Waals surface area contributed by atoms with Gasteiger partial charge in [0.15, 0.2) is 0 Å². The number of aryl methyl sites for hydroxylation is 1. The molecule has 0 radical (unpaired) electrons. The molecule has 118 valence electrons. The van der Waals surface area contributed by atoms with Crippen LogP contribution in [0.25, 0.3) is 0 Å². The van der Waals surface area contributed by atoms with Gasteiger partial charge in [0, 0.05) is 12.0 Å². The Morgan fingerprint density at radius 2 is 2.14 bits per heavy atom. The van der Waals surface area contributed by atoms with Crippen LogP contribution >= 0.6 is 0 Å². The second kappa shape index (κ2) is 5.73. The Hall–Kier alpha value is -1.28. The van der Waals surface area contributed by atoms with Gasteiger partial charge in [-0.25, -0.2) is 0 Å². The van der Waals surface area contributed by atoms with E-state index < -0.39 is 14.2 Å². The molecule has 4 atom stereocenters. The second-order valence-corrected chi connectivity index (χ2v) is 11.9. The van der Waals surface area contributed by atoms with Crippen molar-refractivity contribution < 1.29 is 14.6 Å². The van der Waals surface area contributed by atoms with Crippen LogP contribution < -0.4 is 4.74 Å². The molecule has 1 saturated heterocycles. The fourth-order valence-electron chi connectivity index (χ4n) is 3.12. The van der Waals surface area contributed by atoms with Crippen LogP contribution in [-0.4, -0.2) is 31.5 Å². The van der Waals surface area contributed by atoms with E-state index >= 15 is 0 Å². The van der Waals surface area contributed by atoms with Gasteiger partial charge in [-0.3, -0.25) is 0 Å². The first-order valence-corrected chi connectivity index (χ1v) is 11.5. The molecule has 0 spiro atoms. The Bertz CT molecular complexity index is 623. The first-order valence-electron chi connectivity index (χ1n) is 8.03. The molecule has 0 amide bonds. The lowest BCUT2D eigenvalue weighted by Crippen LogP contribution is -2.26. The highest BCUT2D eigenvalue weighted by molar-refractivity contribution is 6.83. The summed E-state index contributed by atoms with van der Waals surface area (Å²) in [4.78, 5) is 0. The van der Waals surface area contributed by atoms with Crippen molar-refractivity contribution in [1.29, 1.82) is 0 Å². The van der Waals surface area contributed by atoms with Gasteiger partial charge in [0.25, 0.3) is 0 Å². The van der Waals surface area contributed by atoms with Gasteiger partial charge in [0.05, 0.1) is 6.10 Å². The van der Waals surface area contributed by atoms with E-state index in [4.69, 9.17) is 9.47 Å². The number of aliphatic hydroxyl groups excluding tert-OH is 1. The molecule has 3 nitrogen and oxygen atoms in total. The number of hydrogen-bond donors (Lipinski definition) is 1. The highest BCUT2D eigenvalue weighted by Crippen LogP contribution is 2.47. The van der Waals surface area contributed by atoms with Gasteiger partial charge in [-0.2, -0.15) is 0 Å². The monoisotopic (exact) mass is 316 g/mol. The van der Waals surface area contributed by atoms with E-state index in [-0.39, 0.29) is 18.3 Å². The van der Waals surface area contributed by atoms with Gasteiger partial charge in [-0.05, 0) is 18.1 Å². The number of ether oxygens (including phenoxy) is 2. The largest absolute Gasteiger partial charge is 0.487 e. The molecule has 1 aromatic rings. The first kappa shape index (κ1) is 15.6. The Kier molecular flexibility index (Phi) is 4.07. The zero-order valence-corrected chi connectivity index (χ0v) is 14.7. The molecule has 0 aliphatic carbocycles. The Morgan fingerprint density at radius 1 is 1.36 bits per heavy atom. The van der Waals surface area contributed by atoms with Gasteiger partial charge in [-0.1, -0.05) is 44.6 Å². The van der Waals surface area contributed by atoms with Gasteiger partial charge in [-0.15, -0.1) is 5.54 Å². The van der Waals surface area contributed by atoms with Crippen molar-refractivity contribution in [3.05, 3.63) is 29.3 Å². The van der Waals surface area contributed by atoms with E-state index in [1.165, 1.54) is 11.1 Å². The molecule has 1 fully saturated rings. The topological polar surface area (TPSA) is 38.7 Å². The predicted octanol–water partition coefficient (Wildman–Crippen LogP) is 3.08. The molecule has 4 heteroatoms. The molecule has 2 heterocycles. The fourth-order valence-corrected chi connectivity index (χ4v) is 3.70. The molecule has 0 unspecified atom stereocenters. The van der Waals surface area contributed by atoms with E-state index in [9.17, 15) is 5.11 Å². The highest BCUT2D eigenvalue weighted by atomic mass is 28.3. The maximum absolute atomic E-state index is 10.3. The average Bonchev–Trinajstić information content (AvgIpc) is 3.00. The average molecular weight is 316 g/mol. The number of hydrogen-bond acceptors (Lipinski definition) is 3. The Balaban J connectivity index is 1.77. The van der Waals surface area contributed by atoms with Crippen molar-refractivity contribution in [2.24, 2.45) is 0 Å². The summed E-state index contributed by atoms with van der Waals surface area (Å²) in [5.74, 6) is 3.93. The third-order valence-electron chi connectivity index (χ3n) is 4.17. The lowest BCUT2D eigenvalue weighted by Gasteiger charge is -2.17. The molecule has 3 rings (SSSR count). The SMILES string of the molecule is CCc1cccc2c1[C@@H]1O[C@@H]([C@@H](O)C#C[Si](C)(C)C)C[C@@H]1O2. The summed E-state index contributed by atoms with van der Waals surface area (Å²) in [5.41, 5.74) is 5.66. The van der Waals surface area contributed by atoms with Crippen molar-refractivity contribution in [1.82, 2.24) is 0 Å². The standard InChI is InChI=1S/C18H24O3Si/c1-5-12-7-6-8-14-17(12)18-16(20-14)11-15(21-18)13(19)9-10-22(2,3)4/h6-8,13,15-16,18-19H,5,11H2,1-4H3/t13-,15+,16-,18+/m0/s1. The number of rotatable bonds is 2. The van der Waals surface area contributed by atoms with Crippen molar-refractivity contribution in [3.63, 3.8) is 0 Å². The summed E-state index contributed by atoms with van der Waals surface area (Å²) >= 11 is 0. The van der Waals surface area contributed by atoms with Gasteiger partial charge < -0.3 is 14.6 Å². The third kappa shape index (κ3) is 2.94. The van der Waals surface area contributed by atoms with Crippen LogP contribution in [0.5, 0.6) is 5.75 Å². The summed E-state index contributed by atoms with van der Waals surface area (Å²) in [6.45, 7) is 8.65. The highest BCUT2D eigenvalue weighted by Gasteiger charge is 2.46. The Labute approximate surface area is 133 Å². The summed E-state index contributed by atoms with van der Waals surface area (Å²) in [6.07, 6.45) is 0.636. The molecule has 2 aliphatic rings. The van der Waals surface area contributed by atoms with Crippen molar-refractivity contribution >= 4 is 8.07 Å². The summed E-state index contributed by atoms with van der Waals surface area (Å²) in [5, 5.41) is 10.3. The quantitative estimate of drug-likeness (QED) is 0.673. The van der Waals surface area contributed by atoms with E-state index in [1.807, 2.05) is 12.1 Å². The molecule has 0 saturated carbocycles. The molecule has 0 aromatic heterocycles. The second-order valence-electron chi connectivity index (χ2n) is 7.13. The van der Waals surface area contributed by atoms with E-state index in [1.54, 1.807) is 0 Å². The van der Waals surface area contributed by atoms with Gasteiger partial charge in [0.1, 0.15) is 32.1 Å². The predicted molar refractivity (Wildman–Crippen MR) is 89.6 cm³/mol. The summed E-state index contributed by atoms with van der Waals surface area (Å²) in [6, 6.07) is 6.17. The zero-order valence-electron chi connectivity index (χ0n) is 13.7. The zero-order chi connectivity index (χ0) is 15.9. The fraction of sp³-hybridized carbons (Fsp3) is 0.556. The van der Waals surface area contributed by atoms with E-state index in [2.05, 4.69) is 44.1 Å². The van der Waals surface area contributed by atoms with Crippen LogP contribution in [0, 0.1) is 11.5 Å². The van der Waals surface area contributed by atoms with Crippen LogP contribution in [0.4, 0.5) is 0 Å². The minimum atomic E-state index is -1.48. The van der Waals surface area contributed by atoms with Crippen LogP contribution in [0.3, 0.4) is 0 Å². The van der Waals surface area contributed by atoms with Crippen LogP contribution in [0.1, 0.15) is 30.6 Å². The maximum Gasteiger partial charge on any atom is 0.140 e. The lowest BCUT2D eigenvalue weighted by molar-refractivity contribution is -0.0170. The van der Waals surface area contributed by atoms with Gasteiger partial charge in [0.2, 0.25) is 0 Å². The van der Waals surface area contributed by atoms with Crippen LogP contribution in [0.2, 0.25) is 19.6 Å². The molecular formula is C18H24O3Si. The van der Waals surface area contributed by atoms with E-state index in [0.29, 0.717) is 6.42 Å². The third-order valence-corrected chi connectivity index (χ3v) is 5.07. The minimum Gasteiger partial charge on any atom is -0.487 e. The molecule has 1 aromatic carbocycles. The maximum atomic E-state index is 10.3. The Morgan fingerprint density at radius 3 is 2.82 bits per heavy atom. The van der Waals surface area contributed by atoms with Crippen molar-refractivity contribution in [2.45, 2.75) is 63.8 Å². The van der Waals surface area contributed by atoms with Crippen molar-refractivity contribution in [3.8, 4) is 17.2 Å². The van der Waals surface area contributed by atoms with E-state index in [0.717, 1.165) is 12.2 Å². The molecule has 0 bridgehead atoms. The van der Waals surface area contributed by atoms with Crippen LogP contribution in [-0.2, 0) is 11.2 Å². The first-order chi connectivity index (χ1) is 10.4. The number of aliphatic hydroxyl groups is 1. The molecule has 2 aliphatic heterocycles. The summed E-state index contributed by atoms with van der Waals surface area (Å²) < 4.78 is 12.1. The molecular weight excluding hydrogens is 292 g/mol. The minimum absolute atomic E-state index is 0.0102. The lowest BCUT2D eigenvalue weighted by atomic mass is 9.98. The number of fused-ring (bicyclic) bond motifs is 3. The smallest absolute Gasteiger partial charge is 0.140 e. The molecule has 1 N–H and O–H groups in total.